The Bertz CT molecular complexity index is 575. The van der Waals surface area contributed by atoms with Crippen molar-refractivity contribution in [2.45, 2.75) is 64.9 Å². The van der Waals surface area contributed by atoms with Crippen molar-refractivity contribution in [1.29, 1.82) is 0 Å². The first-order valence-electron chi connectivity index (χ1n) is 7.52. The van der Waals surface area contributed by atoms with E-state index in [2.05, 4.69) is 33.8 Å². The number of hydrogen-bond acceptors (Lipinski definition) is 1. The lowest BCUT2D eigenvalue weighted by atomic mass is 9.44. The lowest BCUT2D eigenvalue weighted by Gasteiger charge is -2.61. The maximum atomic E-state index is 11.3. The molecule has 2 bridgehead atoms. The monoisotopic (exact) mass is 292 g/mol. The van der Waals surface area contributed by atoms with E-state index < -0.39 is 5.60 Å². The summed E-state index contributed by atoms with van der Waals surface area (Å²) >= 11 is 6.23. The number of rotatable bonds is 0. The summed E-state index contributed by atoms with van der Waals surface area (Å²) in [5.74, 6) is 0. The van der Waals surface area contributed by atoms with E-state index >= 15 is 0 Å². The quantitative estimate of drug-likeness (QED) is 0.710. The molecule has 1 aromatic carbocycles. The standard InChI is InChI=1S/C18H25ClO/c1-15(2)9-16(3)11-17(4,10-15)18(5,20)13-7-6-12(19)8-14(13)16/h6-8,20H,9-11H2,1-5H3/t16-,17+,18-/m0/s1. The minimum atomic E-state index is -0.788. The molecule has 2 aliphatic carbocycles. The molecule has 3 rings (SSSR count). The maximum absolute atomic E-state index is 11.3. The van der Waals surface area contributed by atoms with Gasteiger partial charge in [-0.1, -0.05) is 45.4 Å². The van der Waals surface area contributed by atoms with Gasteiger partial charge in [-0.2, -0.15) is 0 Å². The third-order valence-corrected chi connectivity index (χ3v) is 6.08. The van der Waals surface area contributed by atoms with E-state index in [1.54, 1.807) is 0 Å². The van der Waals surface area contributed by atoms with Gasteiger partial charge in [0.25, 0.3) is 0 Å². The third kappa shape index (κ3) is 1.79. The topological polar surface area (TPSA) is 20.2 Å². The van der Waals surface area contributed by atoms with E-state index in [1.807, 2.05) is 19.1 Å². The average molecular weight is 293 g/mol. The highest BCUT2D eigenvalue weighted by Crippen LogP contribution is 2.65. The molecule has 0 aliphatic heterocycles. The normalized spacial score (nSPS) is 42.1. The molecule has 0 saturated heterocycles. The van der Waals surface area contributed by atoms with Gasteiger partial charge in [-0.05, 0) is 60.3 Å². The Hall–Kier alpha value is -0.530. The summed E-state index contributed by atoms with van der Waals surface area (Å²) in [4.78, 5) is 0. The lowest BCUT2D eigenvalue weighted by Crippen LogP contribution is -2.57. The molecule has 0 heterocycles. The molecule has 0 amide bonds. The van der Waals surface area contributed by atoms with E-state index in [4.69, 9.17) is 11.6 Å². The number of halogens is 1. The van der Waals surface area contributed by atoms with E-state index in [0.29, 0.717) is 0 Å². The van der Waals surface area contributed by atoms with Crippen LogP contribution in [0.4, 0.5) is 0 Å². The second-order valence-corrected chi connectivity index (χ2v) is 9.01. The number of aliphatic hydroxyl groups is 1. The van der Waals surface area contributed by atoms with Gasteiger partial charge in [-0.3, -0.25) is 0 Å². The largest absolute Gasteiger partial charge is 0.385 e. The SMILES string of the molecule is CC1(C)C[C@@]2(C)C[C@@](C)(C1)[C@@](C)(O)c1ccc(Cl)cc12. The zero-order valence-corrected chi connectivity index (χ0v) is 13.9. The van der Waals surface area contributed by atoms with Gasteiger partial charge in [0.15, 0.2) is 0 Å². The molecule has 2 aliphatic rings. The zero-order valence-electron chi connectivity index (χ0n) is 13.2. The van der Waals surface area contributed by atoms with Gasteiger partial charge in [-0.25, -0.2) is 0 Å². The highest BCUT2D eigenvalue weighted by atomic mass is 35.5. The van der Waals surface area contributed by atoms with E-state index in [-0.39, 0.29) is 16.2 Å². The Kier molecular flexibility index (Phi) is 2.74. The summed E-state index contributed by atoms with van der Waals surface area (Å²) in [5.41, 5.74) is 1.81. The van der Waals surface area contributed by atoms with Crippen LogP contribution < -0.4 is 0 Å². The van der Waals surface area contributed by atoms with Crippen LogP contribution in [0, 0.1) is 10.8 Å². The molecule has 1 saturated carbocycles. The van der Waals surface area contributed by atoms with Gasteiger partial charge >= 0.3 is 0 Å². The fraction of sp³-hybridized carbons (Fsp3) is 0.667. The highest BCUT2D eigenvalue weighted by molar-refractivity contribution is 6.30. The van der Waals surface area contributed by atoms with E-state index in [9.17, 15) is 5.11 Å². The van der Waals surface area contributed by atoms with Crippen LogP contribution in [0.3, 0.4) is 0 Å². The third-order valence-electron chi connectivity index (χ3n) is 5.85. The second-order valence-electron chi connectivity index (χ2n) is 8.58. The molecule has 1 fully saturated rings. The van der Waals surface area contributed by atoms with Crippen molar-refractivity contribution in [3.05, 3.63) is 34.3 Å². The van der Waals surface area contributed by atoms with Crippen molar-refractivity contribution in [3.63, 3.8) is 0 Å². The van der Waals surface area contributed by atoms with Crippen molar-refractivity contribution >= 4 is 11.6 Å². The molecule has 1 aromatic rings. The van der Waals surface area contributed by atoms with Crippen LogP contribution in [0.25, 0.3) is 0 Å². The fourth-order valence-corrected chi connectivity index (χ4v) is 5.63. The first kappa shape index (κ1) is 14.4. The molecule has 110 valence electrons. The van der Waals surface area contributed by atoms with Gasteiger partial charge in [0.1, 0.15) is 0 Å². The van der Waals surface area contributed by atoms with Crippen LogP contribution in [-0.2, 0) is 11.0 Å². The first-order chi connectivity index (χ1) is 8.99. The summed E-state index contributed by atoms with van der Waals surface area (Å²) in [6.07, 6.45) is 3.24. The molecular weight excluding hydrogens is 268 g/mol. The Balaban J connectivity index is 2.30. The number of hydrogen-bond donors (Lipinski definition) is 1. The number of benzene rings is 1. The van der Waals surface area contributed by atoms with Gasteiger partial charge in [0, 0.05) is 10.4 Å². The van der Waals surface area contributed by atoms with Crippen LogP contribution >= 0.6 is 11.6 Å². The molecule has 2 heteroatoms. The molecule has 1 nitrogen and oxygen atoms in total. The summed E-state index contributed by atoms with van der Waals surface area (Å²) in [5, 5.41) is 12.1. The van der Waals surface area contributed by atoms with Crippen LogP contribution in [0.2, 0.25) is 5.02 Å². The van der Waals surface area contributed by atoms with Crippen LogP contribution in [0.1, 0.15) is 65.0 Å². The molecule has 0 unspecified atom stereocenters. The van der Waals surface area contributed by atoms with E-state index in [1.165, 1.54) is 5.56 Å². The fourth-order valence-electron chi connectivity index (χ4n) is 5.46. The lowest BCUT2D eigenvalue weighted by molar-refractivity contribution is -0.140. The van der Waals surface area contributed by atoms with E-state index in [0.717, 1.165) is 29.8 Å². The predicted octanol–water partition coefficient (Wildman–Crippen LogP) is 5.04. The summed E-state index contributed by atoms with van der Waals surface area (Å²) < 4.78 is 0. The molecule has 0 spiro atoms. The minimum Gasteiger partial charge on any atom is -0.385 e. The van der Waals surface area contributed by atoms with Crippen molar-refractivity contribution in [1.82, 2.24) is 0 Å². The first-order valence-corrected chi connectivity index (χ1v) is 7.90. The van der Waals surface area contributed by atoms with Gasteiger partial charge < -0.3 is 5.11 Å². The Labute approximate surface area is 127 Å². The summed E-state index contributed by atoms with van der Waals surface area (Å²) in [7, 11) is 0. The molecule has 0 aromatic heterocycles. The highest BCUT2D eigenvalue weighted by Gasteiger charge is 2.60. The minimum absolute atomic E-state index is 0.0790. The molecular formula is C18H25ClO. The van der Waals surface area contributed by atoms with Crippen molar-refractivity contribution < 1.29 is 5.11 Å². The summed E-state index contributed by atoms with van der Waals surface area (Å²) in [6, 6.07) is 6.02. The van der Waals surface area contributed by atoms with Crippen molar-refractivity contribution in [2.75, 3.05) is 0 Å². The van der Waals surface area contributed by atoms with Gasteiger partial charge in [-0.15, -0.1) is 0 Å². The van der Waals surface area contributed by atoms with Gasteiger partial charge in [0.05, 0.1) is 5.60 Å². The number of fused-ring (bicyclic) bond motifs is 4. The molecule has 3 atom stereocenters. The zero-order chi connectivity index (χ0) is 15.0. The Morgan fingerprint density at radius 1 is 0.950 bits per heavy atom. The molecule has 0 radical (unpaired) electrons. The molecule has 1 N–H and O–H groups in total. The summed E-state index contributed by atoms with van der Waals surface area (Å²) in [6.45, 7) is 11.2. The van der Waals surface area contributed by atoms with Gasteiger partial charge in [0.2, 0.25) is 0 Å². The maximum Gasteiger partial charge on any atom is 0.0925 e. The molecule has 20 heavy (non-hydrogen) atoms. The predicted molar refractivity (Wildman–Crippen MR) is 84.1 cm³/mol. The van der Waals surface area contributed by atoms with Crippen LogP contribution in [-0.4, -0.2) is 5.11 Å². The van der Waals surface area contributed by atoms with Crippen LogP contribution in [0.5, 0.6) is 0 Å². The Morgan fingerprint density at radius 3 is 2.25 bits per heavy atom. The Morgan fingerprint density at radius 2 is 1.60 bits per heavy atom. The second kappa shape index (κ2) is 3.81. The van der Waals surface area contributed by atoms with Crippen molar-refractivity contribution in [3.8, 4) is 0 Å². The smallest absolute Gasteiger partial charge is 0.0925 e. The van der Waals surface area contributed by atoms with Crippen LogP contribution in [0.15, 0.2) is 18.2 Å². The average Bonchev–Trinajstić information content (AvgIpc) is 2.23. The van der Waals surface area contributed by atoms with Crippen molar-refractivity contribution in [2.24, 2.45) is 10.8 Å².